The molecule has 0 atom stereocenters. The van der Waals surface area contributed by atoms with E-state index in [1.165, 1.54) is 4.31 Å². The van der Waals surface area contributed by atoms with Gasteiger partial charge in [0.15, 0.2) is 0 Å². The van der Waals surface area contributed by atoms with Crippen molar-refractivity contribution >= 4 is 15.9 Å². The van der Waals surface area contributed by atoms with Crippen LogP contribution in [0.4, 0.5) is 0 Å². The molecule has 0 saturated heterocycles. The molecule has 0 aromatic heterocycles. The van der Waals surface area contributed by atoms with Crippen molar-refractivity contribution in [2.24, 2.45) is 5.92 Å². The number of carbonyl (C=O) groups is 1. The predicted octanol–water partition coefficient (Wildman–Crippen LogP) is 0.429. The molecule has 0 aliphatic rings. The Bertz CT molecular complexity index is 323. The Morgan fingerprint density at radius 2 is 1.75 bits per heavy atom. The van der Waals surface area contributed by atoms with Gasteiger partial charge in [-0.1, -0.05) is 13.8 Å². The Morgan fingerprint density at radius 1 is 1.25 bits per heavy atom. The summed E-state index contributed by atoms with van der Waals surface area (Å²) in [6.07, 6.45) is 1.12. The number of nitrogens with zero attached hydrogens (tertiary/aromatic N) is 1. The zero-order valence-corrected chi connectivity index (χ0v) is 11.5. The van der Waals surface area contributed by atoms with E-state index in [4.69, 9.17) is 0 Å². The maximum atomic E-state index is 11.5. The second-order valence-electron chi connectivity index (χ2n) is 4.67. The van der Waals surface area contributed by atoms with Gasteiger partial charge in [-0.25, -0.2) is 8.42 Å². The van der Waals surface area contributed by atoms with Crippen LogP contribution in [-0.4, -0.2) is 44.0 Å². The summed E-state index contributed by atoms with van der Waals surface area (Å²) in [5.41, 5.74) is 0. The third-order valence-electron chi connectivity index (χ3n) is 1.81. The molecule has 1 N–H and O–H groups in total. The van der Waals surface area contributed by atoms with Gasteiger partial charge in [0.1, 0.15) is 0 Å². The molecule has 16 heavy (non-hydrogen) atoms. The van der Waals surface area contributed by atoms with Gasteiger partial charge in [0, 0.05) is 12.6 Å². The highest BCUT2D eigenvalue weighted by Gasteiger charge is 2.21. The van der Waals surface area contributed by atoms with Crippen LogP contribution in [0.25, 0.3) is 0 Å². The highest BCUT2D eigenvalue weighted by Crippen LogP contribution is 2.03. The predicted molar refractivity (Wildman–Crippen MR) is 64.5 cm³/mol. The van der Waals surface area contributed by atoms with Gasteiger partial charge in [0.25, 0.3) is 0 Å². The molecule has 0 aliphatic carbocycles. The lowest BCUT2D eigenvalue weighted by atomic mass is 10.2. The summed E-state index contributed by atoms with van der Waals surface area (Å²) in [6, 6.07) is 0.0213. The minimum Gasteiger partial charge on any atom is -0.353 e. The summed E-state index contributed by atoms with van der Waals surface area (Å²) in [5, 5.41) is 2.67. The topological polar surface area (TPSA) is 66.5 Å². The number of hydrogen-bond donors (Lipinski definition) is 1. The first-order valence-corrected chi connectivity index (χ1v) is 7.22. The first-order valence-electron chi connectivity index (χ1n) is 5.37. The fourth-order valence-electron chi connectivity index (χ4n) is 1.25. The summed E-state index contributed by atoms with van der Waals surface area (Å²) in [7, 11) is -3.32. The summed E-state index contributed by atoms with van der Waals surface area (Å²) in [6.45, 7) is 7.77. The number of hydrogen-bond acceptors (Lipinski definition) is 3. The van der Waals surface area contributed by atoms with E-state index in [0.717, 1.165) is 6.26 Å². The molecule has 0 aromatic carbocycles. The van der Waals surface area contributed by atoms with Crippen molar-refractivity contribution in [2.75, 3.05) is 19.3 Å². The van der Waals surface area contributed by atoms with Crippen molar-refractivity contribution in [3.05, 3.63) is 0 Å². The van der Waals surface area contributed by atoms with E-state index in [0.29, 0.717) is 6.54 Å². The summed E-state index contributed by atoms with van der Waals surface area (Å²) < 4.78 is 24.1. The van der Waals surface area contributed by atoms with Crippen molar-refractivity contribution in [1.29, 1.82) is 0 Å². The zero-order valence-electron chi connectivity index (χ0n) is 10.6. The lowest BCUT2D eigenvalue weighted by molar-refractivity contribution is -0.121. The molecule has 0 aromatic rings. The van der Waals surface area contributed by atoms with Crippen molar-refractivity contribution in [2.45, 2.75) is 33.7 Å². The number of carbonyl (C=O) groups excluding carboxylic acids is 1. The molecule has 0 aliphatic heterocycles. The van der Waals surface area contributed by atoms with Gasteiger partial charge in [0.2, 0.25) is 15.9 Å². The molecule has 6 heteroatoms. The Kier molecular flexibility index (Phi) is 5.96. The first-order chi connectivity index (χ1) is 7.12. The molecular weight excluding hydrogens is 228 g/mol. The smallest absolute Gasteiger partial charge is 0.235 e. The number of amides is 1. The maximum absolute atomic E-state index is 11.5. The monoisotopic (exact) mass is 250 g/mol. The quantitative estimate of drug-likeness (QED) is 0.743. The molecule has 0 radical (unpaired) electrons. The molecule has 0 heterocycles. The van der Waals surface area contributed by atoms with Crippen molar-refractivity contribution in [1.82, 2.24) is 9.62 Å². The second kappa shape index (κ2) is 6.20. The molecule has 0 fully saturated rings. The highest BCUT2D eigenvalue weighted by molar-refractivity contribution is 7.88. The SMILES string of the molecule is CC(C)CN(CC(=O)NC(C)C)S(C)(=O)=O. The van der Waals surface area contributed by atoms with Crippen LogP contribution >= 0.6 is 0 Å². The van der Waals surface area contributed by atoms with E-state index in [2.05, 4.69) is 5.32 Å². The highest BCUT2D eigenvalue weighted by atomic mass is 32.2. The molecule has 5 nitrogen and oxygen atoms in total. The van der Waals surface area contributed by atoms with Gasteiger partial charge in [-0.05, 0) is 19.8 Å². The molecule has 96 valence electrons. The molecule has 0 spiro atoms. The lowest BCUT2D eigenvalue weighted by Crippen LogP contribution is -2.43. The van der Waals surface area contributed by atoms with Crippen LogP contribution in [-0.2, 0) is 14.8 Å². The number of nitrogens with one attached hydrogen (secondary N) is 1. The molecule has 0 saturated carbocycles. The standard InChI is InChI=1S/C10H22N2O3S/c1-8(2)6-12(16(5,14)15)7-10(13)11-9(3)4/h8-9H,6-7H2,1-5H3,(H,11,13). The second-order valence-corrected chi connectivity index (χ2v) is 6.65. The van der Waals surface area contributed by atoms with Gasteiger partial charge in [-0.2, -0.15) is 4.31 Å². The van der Waals surface area contributed by atoms with E-state index in [-0.39, 0.29) is 24.4 Å². The van der Waals surface area contributed by atoms with Crippen molar-refractivity contribution in [3.63, 3.8) is 0 Å². The van der Waals surface area contributed by atoms with Crippen molar-refractivity contribution < 1.29 is 13.2 Å². The van der Waals surface area contributed by atoms with E-state index < -0.39 is 10.0 Å². The third-order valence-corrected chi connectivity index (χ3v) is 3.02. The summed E-state index contributed by atoms with van der Waals surface area (Å²) >= 11 is 0. The fourth-order valence-corrected chi connectivity index (χ4v) is 2.17. The number of sulfonamides is 1. The Morgan fingerprint density at radius 3 is 2.06 bits per heavy atom. The van der Waals surface area contributed by atoms with Crippen LogP contribution in [0.15, 0.2) is 0 Å². The van der Waals surface area contributed by atoms with Gasteiger partial charge >= 0.3 is 0 Å². The fraction of sp³-hybridized carbons (Fsp3) is 0.900. The van der Waals surface area contributed by atoms with Gasteiger partial charge in [0.05, 0.1) is 12.8 Å². The Balaban J connectivity index is 4.51. The molecular formula is C10H22N2O3S. The number of rotatable bonds is 6. The van der Waals surface area contributed by atoms with Crippen LogP contribution in [0.3, 0.4) is 0 Å². The minimum atomic E-state index is -3.32. The largest absolute Gasteiger partial charge is 0.353 e. The lowest BCUT2D eigenvalue weighted by Gasteiger charge is -2.21. The summed E-state index contributed by atoms with van der Waals surface area (Å²) in [5.74, 6) is -0.0670. The van der Waals surface area contributed by atoms with Crippen LogP contribution in [0.2, 0.25) is 0 Å². The van der Waals surface area contributed by atoms with Gasteiger partial charge in [-0.15, -0.1) is 0 Å². The molecule has 1 amide bonds. The normalized spacial score (nSPS) is 12.5. The van der Waals surface area contributed by atoms with Gasteiger partial charge < -0.3 is 5.32 Å². The molecule has 0 unspecified atom stereocenters. The molecule has 0 rings (SSSR count). The summed E-state index contributed by atoms with van der Waals surface area (Å²) in [4.78, 5) is 11.5. The van der Waals surface area contributed by atoms with Crippen LogP contribution in [0.5, 0.6) is 0 Å². The van der Waals surface area contributed by atoms with Crippen LogP contribution in [0.1, 0.15) is 27.7 Å². The maximum Gasteiger partial charge on any atom is 0.235 e. The Labute approximate surface area is 98.3 Å². The van der Waals surface area contributed by atoms with E-state index in [1.807, 2.05) is 27.7 Å². The zero-order chi connectivity index (χ0) is 12.9. The average molecular weight is 250 g/mol. The van der Waals surface area contributed by atoms with E-state index in [1.54, 1.807) is 0 Å². The van der Waals surface area contributed by atoms with Crippen molar-refractivity contribution in [3.8, 4) is 0 Å². The average Bonchev–Trinajstić information content (AvgIpc) is 1.98. The van der Waals surface area contributed by atoms with Crippen LogP contribution in [0, 0.1) is 5.92 Å². The minimum absolute atomic E-state index is 0.0213. The van der Waals surface area contributed by atoms with Crippen LogP contribution < -0.4 is 5.32 Å². The first kappa shape index (κ1) is 15.4. The molecule has 0 bridgehead atoms. The van der Waals surface area contributed by atoms with Gasteiger partial charge in [-0.3, -0.25) is 4.79 Å². The van der Waals surface area contributed by atoms with E-state index >= 15 is 0 Å². The van der Waals surface area contributed by atoms with E-state index in [9.17, 15) is 13.2 Å². The third kappa shape index (κ3) is 6.79. The Hall–Kier alpha value is -0.620.